The number of likely N-dealkylation sites (N-methyl/N-ethyl adjacent to an activating group) is 1. The lowest BCUT2D eigenvalue weighted by Gasteiger charge is -2.38. The summed E-state index contributed by atoms with van der Waals surface area (Å²) in [4.78, 5) is 19.0. The first-order chi connectivity index (χ1) is 10.1. The minimum Gasteiger partial charge on any atom is -0.342 e. The van der Waals surface area contributed by atoms with E-state index in [9.17, 15) is 4.79 Å². The average molecular weight is 296 g/mol. The zero-order valence-electron chi connectivity index (χ0n) is 14.0. The lowest BCUT2D eigenvalue weighted by molar-refractivity contribution is -0.132. The molecule has 0 saturated carbocycles. The highest BCUT2D eigenvalue weighted by Gasteiger charge is 2.32. The van der Waals surface area contributed by atoms with Gasteiger partial charge in [-0.1, -0.05) is 6.92 Å². The molecule has 0 spiro atoms. The van der Waals surface area contributed by atoms with Crippen molar-refractivity contribution < 1.29 is 4.79 Å². The summed E-state index contributed by atoms with van der Waals surface area (Å²) in [5, 5.41) is 3.48. The molecule has 2 fully saturated rings. The van der Waals surface area contributed by atoms with E-state index in [4.69, 9.17) is 0 Å². The second-order valence-electron chi connectivity index (χ2n) is 6.86. The van der Waals surface area contributed by atoms with Crippen molar-refractivity contribution in [3.05, 3.63) is 0 Å². The highest BCUT2D eigenvalue weighted by molar-refractivity contribution is 5.78. The largest absolute Gasteiger partial charge is 0.342 e. The summed E-state index contributed by atoms with van der Waals surface area (Å²) in [5.41, 5.74) is 0.444. The number of hydrogen-bond donors (Lipinski definition) is 1. The number of carbonyl (C=O) groups excluding carboxylic acids is 1. The van der Waals surface area contributed by atoms with Crippen molar-refractivity contribution in [2.75, 3.05) is 65.4 Å². The van der Waals surface area contributed by atoms with Crippen LogP contribution in [0.1, 0.15) is 27.2 Å². The smallest absolute Gasteiger partial charge is 0.236 e. The van der Waals surface area contributed by atoms with Gasteiger partial charge in [0.1, 0.15) is 0 Å². The van der Waals surface area contributed by atoms with Gasteiger partial charge in [-0.05, 0) is 32.2 Å². The van der Waals surface area contributed by atoms with Gasteiger partial charge in [-0.3, -0.25) is 9.69 Å². The molecule has 1 N–H and O–H groups in total. The van der Waals surface area contributed by atoms with Crippen molar-refractivity contribution >= 4 is 5.91 Å². The molecule has 2 heterocycles. The number of hydrogen-bond acceptors (Lipinski definition) is 4. The molecule has 1 unspecified atom stereocenters. The van der Waals surface area contributed by atoms with Crippen LogP contribution in [0.3, 0.4) is 0 Å². The number of piperazine rings is 1. The van der Waals surface area contributed by atoms with E-state index in [1.165, 1.54) is 13.0 Å². The maximum atomic E-state index is 12.1. The zero-order valence-corrected chi connectivity index (χ0v) is 14.0. The van der Waals surface area contributed by atoms with Gasteiger partial charge < -0.3 is 15.1 Å². The molecule has 0 aromatic carbocycles. The predicted molar refractivity (Wildman–Crippen MR) is 86.4 cm³/mol. The van der Waals surface area contributed by atoms with Crippen molar-refractivity contribution in [1.29, 1.82) is 0 Å². The zero-order chi connectivity index (χ0) is 15.3. The van der Waals surface area contributed by atoms with E-state index in [2.05, 4.69) is 35.9 Å². The van der Waals surface area contributed by atoms with Crippen LogP contribution in [0.15, 0.2) is 0 Å². The van der Waals surface area contributed by atoms with E-state index in [1.54, 1.807) is 0 Å². The average Bonchev–Trinajstić information content (AvgIpc) is 2.89. The standard InChI is InChI=1S/C16H32N4O/c1-4-20(5-2)15(21)12-18-8-10-19(11-9-18)14-16(3)6-7-17-13-16/h17H,4-14H2,1-3H3. The third-order valence-corrected chi connectivity index (χ3v) is 5.00. The molecule has 21 heavy (non-hydrogen) atoms. The highest BCUT2D eigenvalue weighted by atomic mass is 16.2. The molecule has 0 radical (unpaired) electrons. The Bertz CT molecular complexity index is 329. The van der Waals surface area contributed by atoms with E-state index in [-0.39, 0.29) is 5.91 Å². The van der Waals surface area contributed by atoms with Gasteiger partial charge in [-0.15, -0.1) is 0 Å². The third-order valence-electron chi connectivity index (χ3n) is 5.00. The highest BCUT2D eigenvalue weighted by Crippen LogP contribution is 2.26. The van der Waals surface area contributed by atoms with Gasteiger partial charge in [0.15, 0.2) is 0 Å². The molecule has 0 aromatic rings. The van der Waals surface area contributed by atoms with Gasteiger partial charge in [-0.25, -0.2) is 0 Å². The van der Waals surface area contributed by atoms with Crippen LogP contribution >= 0.6 is 0 Å². The molecule has 1 atom stereocenters. The fraction of sp³-hybridized carbons (Fsp3) is 0.938. The van der Waals surface area contributed by atoms with Crippen LogP contribution < -0.4 is 5.32 Å². The molecule has 5 heteroatoms. The lowest BCUT2D eigenvalue weighted by atomic mass is 9.89. The summed E-state index contributed by atoms with van der Waals surface area (Å²) >= 11 is 0. The Hall–Kier alpha value is -0.650. The quantitative estimate of drug-likeness (QED) is 0.773. The summed E-state index contributed by atoms with van der Waals surface area (Å²) in [6.07, 6.45) is 1.29. The molecule has 122 valence electrons. The summed E-state index contributed by atoms with van der Waals surface area (Å²) in [7, 11) is 0. The summed E-state index contributed by atoms with van der Waals surface area (Å²) < 4.78 is 0. The number of rotatable bonds is 6. The Kier molecular flexibility index (Phi) is 6.02. The van der Waals surface area contributed by atoms with Crippen LogP contribution in [0.25, 0.3) is 0 Å². The predicted octanol–water partition coefficient (Wildman–Crippen LogP) is 0.472. The molecule has 0 bridgehead atoms. The van der Waals surface area contributed by atoms with Crippen molar-refractivity contribution in [2.45, 2.75) is 27.2 Å². The van der Waals surface area contributed by atoms with Crippen LogP contribution in [-0.4, -0.2) is 86.1 Å². The van der Waals surface area contributed by atoms with Crippen molar-refractivity contribution in [1.82, 2.24) is 20.0 Å². The van der Waals surface area contributed by atoms with Gasteiger partial charge in [0, 0.05) is 52.4 Å². The number of amides is 1. The third kappa shape index (κ3) is 4.66. The number of nitrogens with zero attached hydrogens (tertiary/aromatic N) is 3. The molecular weight excluding hydrogens is 264 g/mol. The molecule has 0 aliphatic carbocycles. The molecule has 0 aromatic heterocycles. The van der Waals surface area contributed by atoms with Crippen molar-refractivity contribution in [3.63, 3.8) is 0 Å². The minimum atomic E-state index is 0.278. The summed E-state index contributed by atoms with van der Waals surface area (Å²) in [6.45, 7) is 16.5. The van der Waals surface area contributed by atoms with Gasteiger partial charge in [-0.2, -0.15) is 0 Å². The Morgan fingerprint density at radius 3 is 2.29 bits per heavy atom. The maximum Gasteiger partial charge on any atom is 0.236 e. The Morgan fingerprint density at radius 2 is 1.76 bits per heavy atom. The first-order valence-corrected chi connectivity index (χ1v) is 8.49. The molecule has 1 amide bonds. The van der Waals surface area contributed by atoms with Gasteiger partial charge in [0.05, 0.1) is 6.54 Å². The van der Waals surface area contributed by atoms with Crippen molar-refractivity contribution in [2.24, 2.45) is 5.41 Å². The summed E-state index contributed by atoms with van der Waals surface area (Å²) in [5.74, 6) is 0.278. The monoisotopic (exact) mass is 296 g/mol. The van der Waals surface area contributed by atoms with E-state index >= 15 is 0 Å². The fourth-order valence-corrected chi connectivity index (χ4v) is 3.52. The second kappa shape index (κ2) is 7.56. The topological polar surface area (TPSA) is 38.8 Å². The maximum absolute atomic E-state index is 12.1. The first-order valence-electron chi connectivity index (χ1n) is 8.49. The van der Waals surface area contributed by atoms with Crippen molar-refractivity contribution in [3.8, 4) is 0 Å². The molecule has 2 rings (SSSR count). The number of nitrogens with one attached hydrogen (secondary N) is 1. The fourth-order valence-electron chi connectivity index (χ4n) is 3.52. The SMILES string of the molecule is CCN(CC)C(=O)CN1CCN(CC2(C)CCNC2)CC1. The second-order valence-corrected chi connectivity index (χ2v) is 6.86. The van der Waals surface area contributed by atoms with E-state index < -0.39 is 0 Å². The Labute approximate surface area is 129 Å². The molecular formula is C16H32N4O. The van der Waals surface area contributed by atoms with Crippen LogP contribution in [0, 0.1) is 5.41 Å². The van der Waals surface area contributed by atoms with E-state index in [1.807, 2.05) is 4.90 Å². The molecule has 2 aliphatic rings. The Morgan fingerprint density at radius 1 is 1.14 bits per heavy atom. The van der Waals surface area contributed by atoms with Crippen LogP contribution in [0.4, 0.5) is 0 Å². The van der Waals surface area contributed by atoms with Gasteiger partial charge in [0.25, 0.3) is 0 Å². The van der Waals surface area contributed by atoms with E-state index in [0.29, 0.717) is 12.0 Å². The molecule has 2 saturated heterocycles. The van der Waals surface area contributed by atoms with Crippen LogP contribution in [0.5, 0.6) is 0 Å². The summed E-state index contributed by atoms with van der Waals surface area (Å²) in [6, 6.07) is 0. The molecule has 5 nitrogen and oxygen atoms in total. The Balaban J connectivity index is 1.72. The normalized spacial score (nSPS) is 28.0. The van der Waals surface area contributed by atoms with Gasteiger partial charge in [0.2, 0.25) is 5.91 Å². The first kappa shape index (κ1) is 16.7. The van der Waals surface area contributed by atoms with Crippen LogP contribution in [0.2, 0.25) is 0 Å². The van der Waals surface area contributed by atoms with Crippen LogP contribution in [-0.2, 0) is 4.79 Å². The van der Waals surface area contributed by atoms with E-state index in [0.717, 1.165) is 52.4 Å². The lowest BCUT2D eigenvalue weighted by Crippen LogP contribution is -2.52. The van der Waals surface area contributed by atoms with Gasteiger partial charge >= 0.3 is 0 Å². The molecule has 2 aliphatic heterocycles. The minimum absolute atomic E-state index is 0.278. The number of carbonyl (C=O) groups is 1.